The standard InChI is InChI=1S/C22H22F4N4O2.C2H6/c1-21(32)4-6-30(7-5-21)14-2-3-18-16(9-14)19(12-28-29-18)27-11-13-8-15(31)10-17(20(13)23)22(24,25)26;1-2/h2-3,8-10,12,31-32H,4-7,11H2,1H3,(H,27,29);1-2H3. The lowest BCUT2D eigenvalue weighted by Gasteiger charge is -2.37. The maximum absolute atomic E-state index is 14.4. The molecule has 2 heterocycles. The van der Waals surface area contributed by atoms with E-state index >= 15 is 0 Å². The van der Waals surface area contributed by atoms with E-state index in [0.29, 0.717) is 48.6 Å². The molecule has 0 unspecified atom stereocenters. The van der Waals surface area contributed by atoms with Gasteiger partial charge in [-0.1, -0.05) is 13.8 Å². The molecule has 1 aromatic heterocycles. The number of aromatic nitrogens is 2. The van der Waals surface area contributed by atoms with E-state index in [9.17, 15) is 27.8 Å². The summed E-state index contributed by atoms with van der Waals surface area (Å²) in [6, 6.07) is 6.88. The third-order valence-corrected chi connectivity index (χ3v) is 5.74. The van der Waals surface area contributed by atoms with Crippen molar-refractivity contribution in [1.82, 2.24) is 10.2 Å². The molecule has 0 bridgehead atoms. The summed E-state index contributed by atoms with van der Waals surface area (Å²) in [6.45, 7) is 6.87. The van der Waals surface area contributed by atoms with Gasteiger partial charge in [0.25, 0.3) is 0 Å². The molecular weight excluding hydrogens is 452 g/mol. The van der Waals surface area contributed by atoms with Crippen LogP contribution >= 0.6 is 0 Å². The van der Waals surface area contributed by atoms with Crippen LogP contribution in [0.1, 0.15) is 44.7 Å². The highest BCUT2D eigenvalue weighted by Gasteiger charge is 2.35. The zero-order valence-corrected chi connectivity index (χ0v) is 19.2. The molecule has 1 saturated heterocycles. The number of nitrogens with zero attached hydrogens (tertiary/aromatic N) is 3. The summed E-state index contributed by atoms with van der Waals surface area (Å²) in [6.07, 6.45) is -2.25. The Hall–Kier alpha value is -3.14. The third kappa shape index (κ3) is 5.67. The van der Waals surface area contributed by atoms with Crippen LogP contribution in [0.4, 0.5) is 28.9 Å². The van der Waals surface area contributed by atoms with Crippen LogP contribution in [0.5, 0.6) is 5.75 Å². The van der Waals surface area contributed by atoms with Gasteiger partial charge in [-0.3, -0.25) is 0 Å². The number of aliphatic hydroxyl groups is 1. The summed E-state index contributed by atoms with van der Waals surface area (Å²) < 4.78 is 53.5. The second-order valence-electron chi connectivity index (χ2n) is 8.26. The molecule has 1 aliphatic rings. The lowest BCUT2D eigenvalue weighted by molar-refractivity contribution is -0.140. The van der Waals surface area contributed by atoms with Crippen molar-refractivity contribution in [3.05, 3.63) is 53.5 Å². The van der Waals surface area contributed by atoms with Gasteiger partial charge in [0.05, 0.1) is 28.6 Å². The number of fused-ring (bicyclic) bond motifs is 1. The number of alkyl halides is 3. The van der Waals surface area contributed by atoms with Crippen molar-refractivity contribution in [1.29, 1.82) is 0 Å². The lowest BCUT2D eigenvalue weighted by atomic mass is 9.93. The zero-order valence-electron chi connectivity index (χ0n) is 19.2. The molecule has 0 radical (unpaired) electrons. The van der Waals surface area contributed by atoms with Crippen LogP contribution in [0, 0.1) is 5.82 Å². The fourth-order valence-electron chi connectivity index (χ4n) is 3.82. The van der Waals surface area contributed by atoms with Crippen molar-refractivity contribution >= 4 is 22.3 Å². The number of nitrogens with one attached hydrogen (secondary N) is 1. The van der Waals surface area contributed by atoms with Crippen molar-refractivity contribution in [3.63, 3.8) is 0 Å². The first-order valence-electron chi connectivity index (χ1n) is 11.1. The number of aromatic hydroxyl groups is 1. The van der Waals surface area contributed by atoms with E-state index in [1.54, 1.807) is 6.07 Å². The average molecular weight is 481 g/mol. The van der Waals surface area contributed by atoms with Gasteiger partial charge in [-0.2, -0.15) is 23.4 Å². The molecule has 0 saturated carbocycles. The number of piperidine rings is 1. The SMILES string of the molecule is CC.CC1(O)CCN(c2ccc3nncc(NCc4cc(O)cc(C(F)(F)F)c4F)c3c2)CC1. The second kappa shape index (κ2) is 10.0. The first kappa shape index (κ1) is 25.5. The molecule has 3 N–H and O–H groups in total. The van der Waals surface area contributed by atoms with Crippen LogP contribution < -0.4 is 10.2 Å². The fourth-order valence-corrected chi connectivity index (χ4v) is 3.82. The molecule has 0 atom stereocenters. The maximum atomic E-state index is 14.4. The predicted octanol–water partition coefficient (Wildman–Crippen LogP) is 5.48. The number of rotatable bonds is 4. The molecule has 1 fully saturated rings. The Kier molecular flexibility index (Phi) is 7.50. The van der Waals surface area contributed by atoms with Gasteiger partial charge in [0.2, 0.25) is 0 Å². The number of phenols is 1. The topological polar surface area (TPSA) is 81.5 Å². The van der Waals surface area contributed by atoms with Crippen LogP contribution in [-0.2, 0) is 12.7 Å². The van der Waals surface area contributed by atoms with Crippen LogP contribution in [0.2, 0.25) is 0 Å². The molecule has 2 aromatic carbocycles. The molecular formula is C24H28F4N4O2. The minimum Gasteiger partial charge on any atom is -0.508 e. The highest BCUT2D eigenvalue weighted by molar-refractivity contribution is 5.92. The fraction of sp³-hybridized carbons (Fsp3) is 0.417. The van der Waals surface area contributed by atoms with Gasteiger partial charge >= 0.3 is 6.18 Å². The maximum Gasteiger partial charge on any atom is 0.419 e. The smallest absolute Gasteiger partial charge is 0.419 e. The predicted molar refractivity (Wildman–Crippen MR) is 123 cm³/mol. The molecule has 6 nitrogen and oxygen atoms in total. The molecule has 1 aliphatic heterocycles. The number of anilines is 2. The minimum absolute atomic E-state index is 0.291. The molecule has 34 heavy (non-hydrogen) atoms. The van der Waals surface area contributed by atoms with Crippen molar-refractivity contribution in [2.24, 2.45) is 0 Å². The van der Waals surface area contributed by atoms with Gasteiger partial charge < -0.3 is 20.4 Å². The minimum atomic E-state index is -4.92. The van der Waals surface area contributed by atoms with Gasteiger partial charge in [-0.25, -0.2) is 4.39 Å². The van der Waals surface area contributed by atoms with E-state index in [1.165, 1.54) is 6.20 Å². The van der Waals surface area contributed by atoms with Crippen LogP contribution in [0.15, 0.2) is 36.5 Å². The van der Waals surface area contributed by atoms with Gasteiger partial charge in [0.1, 0.15) is 11.6 Å². The van der Waals surface area contributed by atoms with Gasteiger partial charge in [-0.05, 0) is 50.1 Å². The van der Waals surface area contributed by atoms with Crippen molar-refractivity contribution in [3.8, 4) is 5.75 Å². The second-order valence-corrected chi connectivity index (χ2v) is 8.26. The number of hydrogen-bond donors (Lipinski definition) is 3. The summed E-state index contributed by atoms with van der Waals surface area (Å²) in [4.78, 5) is 2.13. The van der Waals surface area contributed by atoms with E-state index in [-0.39, 0.29) is 12.1 Å². The molecule has 4 rings (SSSR count). The highest BCUT2D eigenvalue weighted by atomic mass is 19.4. The monoisotopic (exact) mass is 480 g/mol. The van der Waals surface area contributed by atoms with Crippen molar-refractivity contribution in [2.75, 3.05) is 23.3 Å². The first-order valence-corrected chi connectivity index (χ1v) is 11.1. The lowest BCUT2D eigenvalue weighted by Crippen LogP contribution is -2.42. The molecule has 3 aromatic rings. The summed E-state index contributed by atoms with van der Waals surface area (Å²) in [5.41, 5.74) is -0.585. The molecule has 184 valence electrons. The quantitative estimate of drug-likeness (QED) is 0.429. The van der Waals surface area contributed by atoms with Crippen molar-refractivity contribution in [2.45, 2.75) is 51.9 Å². The van der Waals surface area contributed by atoms with E-state index in [1.807, 2.05) is 32.9 Å². The Bertz CT molecular complexity index is 1140. The highest BCUT2D eigenvalue weighted by Crippen LogP contribution is 2.36. The summed E-state index contributed by atoms with van der Waals surface area (Å²) in [5, 5.41) is 31.4. The van der Waals surface area contributed by atoms with E-state index in [4.69, 9.17) is 0 Å². The first-order chi connectivity index (χ1) is 16.0. The Morgan fingerprint density at radius 3 is 2.44 bits per heavy atom. The van der Waals surface area contributed by atoms with Crippen LogP contribution in [0.25, 0.3) is 10.9 Å². The number of benzene rings is 2. The van der Waals surface area contributed by atoms with E-state index in [2.05, 4.69) is 20.4 Å². The Balaban J connectivity index is 0.00000158. The molecule has 0 amide bonds. The summed E-state index contributed by atoms with van der Waals surface area (Å²) in [7, 11) is 0. The number of phenolic OH excluding ortho intramolecular Hbond substituents is 1. The van der Waals surface area contributed by atoms with Gasteiger partial charge in [0.15, 0.2) is 0 Å². The van der Waals surface area contributed by atoms with Crippen LogP contribution in [-0.4, -0.2) is 39.1 Å². The van der Waals surface area contributed by atoms with Gasteiger partial charge in [-0.15, -0.1) is 0 Å². The number of hydrogen-bond acceptors (Lipinski definition) is 6. The Morgan fingerprint density at radius 1 is 1.12 bits per heavy atom. The Labute approximate surface area is 195 Å². The molecule has 10 heteroatoms. The van der Waals surface area contributed by atoms with Crippen LogP contribution in [0.3, 0.4) is 0 Å². The van der Waals surface area contributed by atoms with E-state index in [0.717, 1.165) is 11.8 Å². The Morgan fingerprint density at radius 2 is 1.79 bits per heavy atom. The largest absolute Gasteiger partial charge is 0.508 e. The normalized spacial score (nSPS) is 15.6. The summed E-state index contributed by atoms with van der Waals surface area (Å²) in [5.74, 6) is -2.10. The average Bonchev–Trinajstić information content (AvgIpc) is 2.79. The van der Waals surface area contributed by atoms with Crippen molar-refractivity contribution < 1.29 is 27.8 Å². The zero-order chi connectivity index (χ0) is 25.1. The summed E-state index contributed by atoms with van der Waals surface area (Å²) >= 11 is 0. The third-order valence-electron chi connectivity index (χ3n) is 5.74. The van der Waals surface area contributed by atoms with E-state index < -0.39 is 28.9 Å². The molecule has 0 aliphatic carbocycles. The number of halogens is 4. The van der Waals surface area contributed by atoms with Gasteiger partial charge in [0, 0.05) is 36.3 Å². The molecule has 0 spiro atoms.